The molecule has 0 radical (unpaired) electrons. The van der Waals surface area contributed by atoms with Gasteiger partial charge < -0.3 is 5.32 Å². The Morgan fingerprint density at radius 1 is 1.17 bits per heavy atom. The molecule has 174 valence electrons. The highest BCUT2D eigenvalue weighted by Crippen LogP contribution is 2.31. The monoisotopic (exact) mass is 482 g/mol. The third-order valence-corrected chi connectivity index (χ3v) is 6.38. The Morgan fingerprint density at radius 3 is 2.83 bits per heavy atom. The van der Waals surface area contributed by atoms with Gasteiger partial charge in [-0.15, -0.1) is 0 Å². The number of hydrogen-bond acceptors (Lipinski definition) is 5. The zero-order chi connectivity index (χ0) is 24.2. The maximum absolute atomic E-state index is 13.4. The molecule has 3 aromatic heterocycles. The Morgan fingerprint density at radius 2 is 2.03 bits per heavy atom. The smallest absolute Gasteiger partial charge is 0.326 e. The van der Waals surface area contributed by atoms with Crippen molar-refractivity contribution in [2.75, 3.05) is 13.1 Å². The minimum absolute atomic E-state index is 0.217. The summed E-state index contributed by atoms with van der Waals surface area (Å²) in [5, 5.41) is 13.8. The van der Waals surface area contributed by atoms with Crippen molar-refractivity contribution in [2.45, 2.75) is 19.5 Å². The molecule has 0 bridgehead atoms. The van der Waals surface area contributed by atoms with Gasteiger partial charge in [0, 0.05) is 62.3 Å². The van der Waals surface area contributed by atoms with E-state index >= 15 is 0 Å². The maximum atomic E-state index is 13.4. The van der Waals surface area contributed by atoms with Gasteiger partial charge in [-0.2, -0.15) is 5.26 Å². The Kier molecular flexibility index (Phi) is 6.57. The Hall–Kier alpha value is -3.99. The third-order valence-electron chi connectivity index (χ3n) is 6.18. The summed E-state index contributed by atoms with van der Waals surface area (Å²) in [4.78, 5) is 23.7. The highest BCUT2D eigenvalue weighted by molar-refractivity contribution is 6.29. The molecule has 1 aromatic carbocycles. The number of aromatic nitrogens is 3. The number of fused-ring (bicyclic) bond motifs is 3. The van der Waals surface area contributed by atoms with Crippen molar-refractivity contribution in [1.29, 1.82) is 5.26 Å². The summed E-state index contributed by atoms with van der Waals surface area (Å²) >= 11 is 5.98. The van der Waals surface area contributed by atoms with Crippen LogP contribution in [0.1, 0.15) is 27.9 Å². The predicted molar refractivity (Wildman–Crippen MR) is 136 cm³/mol. The molecule has 0 saturated carbocycles. The fourth-order valence-corrected chi connectivity index (χ4v) is 4.69. The Balaban J connectivity index is 1.41. The molecule has 4 heterocycles. The van der Waals surface area contributed by atoms with E-state index in [1.54, 1.807) is 35.3 Å². The lowest BCUT2D eigenvalue weighted by Crippen LogP contribution is -2.34. The summed E-state index contributed by atoms with van der Waals surface area (Å²) in [5.74, 6) is 0. The van der Waals surface area contributed by atoms with Crippen molar-refractivity contribution in [2.24, 2.45) is 0 Å². The SMILES string of the molecule is N#Cc1ccc2c3c(n(C(=O)NCc4ccnc(Cl)c4)c2c1)CCN(CC=Cc1ccncc1)C3. The Labute approximate surface area is 208 Å². The largest absolute Gasteiger partial charge is 0.333 e. The molecule has 0 aliphatic carbocycles. The summed E-state index contributed by atoms with van der Waals surface area (Å²) in [6, 6.07) is 15.0. The van der Waals surface area contributed by atoms with Crippen LogP contribution in [0, 0.1) is 11.3 Å². The van der Waals surface area contributed by atoms with Crippen molar-refractivity contribution in [3.8, 4) is 6.07 Å². The van der Waals surface area contributed by atoms with Crippen LogP contribution in [0.5, 0.6) is 0 Å². The van der Waals surface area contributed by atoms with Crippen molar-refractivity contribution in [1.82, 2.24) is 24.8 Å². The van der Waals surface area contributed by atoms with Crippen molar-refractivity contribution in [3.63, 3.8) is 0 Å². The molecule has 1 aliphatic rings. The number of rotatable bonds is 5. The van der Waals surface area contributed by atoms with Crippen LogP contribution < -0.4 is 5.32 Å². The predicted octanol–water partition coefficient (Wildman–Crippen LogP) is 4.79. The zero-order valence-corrected chi connectivity index (χ0v) is 19.7. The van der Waals surface area contributed by atoms with Gasteiger partial charge in [-0.1, -0.05) is 29.8 Å². The van der Waals surface area contributed by atoms with E-state index in [0.717, 1.165) is 59.3 Å². The summed E-state index contributed by atoms with van der Waals surface area (Å²) in [6.45, 7) is 2.71. The van der Waals surface area contributed by atoms with Gasteiger partial charge in [0.15, 0.2) is 0 Å². The highest BCUT2D eigenvalue weighted by Gasteiger charge is 2.26. The summed E-state index contributed by atoms with van der Waals surface area (Å²) in [5.41, 5.74) is 5.40. The van der Waals surface area contributed by atoms with Gasteiger partial charge in [0.2, 0.25) is 0 Å². The van der Waals surface area contributed by atoms with Gasteiger partial charge in [-0.05, 0) is 53.1 Å². The molecule has 0 unspecified atom stereocenters. The number of pyridine rings is 2. The lowest BCUT2D eigenvalue weighted by molar-refractivity contribution is 0.240. The number of hydrogen-bond donors (Lipinski definition) is 1. The van der Waals surface area contributed by atoms with Crippen LogP contribution in [0.4, 0.5) is 4.79 Å². The first-order valence-corrected chi connectivity index (χ1v) is 11.7. The van der Waals surface area contributed by atoms with Crippen LogP contribution >= 0.6 is 11.6 Å². The zero-order valence-electron chi connectivity index (χ0n) is 19.0. The molecule has 35 heavy (non-hydrogen) atoms. The summed E-state index contributed by atoms with van der Waals surface area (Å²) in [7, 11) is 0. The first kappa shape index (κ1) is 22.8. The summed E-state index contributed by atoms with van der Waals surface area (Å²) in [6.07, 6.45) is 10.2. The van der Waals surface area contributed by atoms with Gasteiger partial charge in [0.1, 0.15) is 5.15 Å². The quantitative estimate of drug-likeness (QED) is 0.413. The number of benzene rings is 1. The standard InChI is InChI=1S/C27H23ClN6O/c28-26-15-21(7-11-31-26)17-32-27(35)34-24-8-13-33(12-1-2-19-5-9-30-10-6-19)18-23(24)22-4-3-20(16-29)14-25(22)34/h1-7,9-11,14-15H,8,12-13,17-18H2,(H,32,35). The lowest BCUT2D eigenvalue weighted by Gasteiger charge is -2.27. The van der Waals surface area contributed by atoms with Gasteiger partial charge in [0.25, 0.3) is 0 Å². The van der Waals surface area contributed by atoms with E-state index in [0.29, 0.717) is 17.3 Å². The Bertz CT molecular complexity index is 1450. The van der Waals surface area contributed by atoms with E-state index in [-0.39, 0.29) is 6.03 Å². The number of nitriles is 1. The number of carbonyl (C=O) groups is 1. The van der Waals surface area contributed by atoms with Crippen LogP contribution in [0.25, 0.3) is 17.0 Å². The van der Waals surface area contributed by atoms with Gasteiger partial charge in [-0.25, -0.2) is 9.78 Å². The van der Waals surface area contributed by atoms with Crippen LogP contribution in [0.3, 0.4) is 0 Å². The molecular weight excluding hydrogens is 460 g/mol. The highest BCUT2D eigenvalue weighted by atomic mass is 35.5. The first-order chi connectivity index (χ1) is 17.1. The molecule has 0 saturated heterocycles. The molecule has 4 aromatic rings. The molecule has 1 N–H and O–H groups in total. The fourth-order valence-electron chi connectivity index (χ4n) is 4.49. The second-order valence-electron chi connectivity index (χ2n) is 8.42. The van der Waals surface area contributed by atoms with E-state index in [1.807, 2.05) is 30.3 Å². The van der Waals surface area contributed by atoms with Gasteiger partial charge in [-0.3, -0.25) is 14.5 Å². The number of halogens is 1. The minimum atomic E-state index is -0.217. The normalized spacial score (nSPS) is 13.6. The molecule has 5 rings (SSSR count). The van der Waals surface area contributed by atoms with Crippen LogP contribution in [-0.4, -0.2) is 38.6 Å². The van der Waals surface area contributed by atoms with Crippen LogP contribution in [-0.2, 0) is 19.5 Å². The van der Waals surface area contributed by atoms with E-state index in [9.17, 15) is 10.1 Å². The molecular formula is C27H23ClN6O. The average molecular weight is 483 g/mol. The van der Waals surface area contributed by atoms with Crippen molar-refractivity contribution < 1.29 is 4.79 Å². The van der Waals surface area contributed by atoms with Crippen molar-refractivity contribution >= 4 is 34.6 Å². The third kappa shape index (κ3) is 4.94. The average Bonchev–Trinajstić information content (AvgIpc) is 3.21. The molecule has 1 aliphatic heterocycles. The number of amides is 1. The van der Waals surface area contributed by atoms with E-state index in [1.165, 1.54) is 0 Å². The van der Waals surface area contributed by atoms with Crippen LogP contribution in [0.15, 0.2) is 67.1 Å². The lowest BCUT2D eigenvalue weighted by atomic mass is 10.0. The molecule has 8 heteroatoms. The van der Waals surface area contributed by atoms with Crippen LogP contribution in [0.2, 0.25) is 5.15 Å². The topological polar surface area (TPSA) is 86.8 Å². The second kappa shape index (κ2) is 10.1. The molecule has 7 nitrogen and oxygen atoms in total. The molecule has 0 spiro atoms. The number of carbonyl (C=O) groups excluding carboxylic acids is 1. The maximum Gasteiger partial charge on any atom is 0.326 e. The van der Waals surface area contributed by atoms with Gasteiger partial charge >= 0.3 is 6.03 Å². The molecule has 1 amide bonds. The van der Waals surface area contributed by atoms with Crippen molar-refractivity contribution in [3.05, 3.63) is 100 Å². The number of nitrogens with one attached hydrogen (secondary N) is 1. The second-order valence-corrected chi connectivity index (χ2v) is 8.81. The van der Waals surface area contributed by atoms with E-state index in [2.05, 4.69) is 38.4 Å². The van der Waals surface area contributed by atoms with E-state index in [4.69, 9.17) is 11.6 Å². The number of nitrogens with zero attached hydrogens (tertiary/aromatic N) is 5. The fraction of sp³-hybridized carbons (Fsp3) is 0.185. The molecule has 0 atom stereocenters. The van der Waals surface area contributed by atoms with Gasteiger partial charge in [0.05, 0.1) is 17.1 Å². The first-order valence-electron chi connectivity index (χ1n) is 11.4. The molecule has 0 fully saturated rings. The summed E-state index contributed by atoms with van der Waals surface area (Å²) < 4.78 is 1.73. The van der Waals surface area contributed by atoms with E-state index < -0.39 is 0 Å². The minimum Gasteiger partial charge on any atom is -0.333 e.